The lowest BCUT2D eigenvalue weighted by atomic mass is 10.00. The number of ether oxygens (including phenoxy) is 4. The lowest BCUT2D eigenvalue weighted by Gasteiger charge is -2.21. The summed E-state index contributed by atoms with van der Waals surface area (Å²) < 4.78 is 68.5. The van der Waals surface area contributed by atoms with Crippen LogP contribution < -0.4 is 0 Å². The highest BCUT2D eigenvalue weighted by atomic mass is 31.2. The van der Waals surface area contributed by atoms with Crippen LogP contribution in [0, 0.1) is 17.8 Å². The van der Waals surface area contributed by atoms with E-state index >= 15 is 0 Å². The van der Waals surface area contributed by atoms with Gasteiger partial charge in [0.1, 0.15) is 19.3 Å². The summed E-state index contributed by atoms with van der Waals surface area (Å²) in [7, 11) is -9.91. The van der Waals surface area contributed by atoms with Crippen LogP contribution in [0.3, 0.4) is 0 Å². The molecule has 0 bridgehead atoms. The van der Waals surface area contributed by atoms with E-state index < -0.39 is 97.5 Å². The Balaban J connectivity index is 5.24. The minimum Gasteiger partial charge on any atom is -0.462 e. The standard InChI is InChI=1S/C76H148O17P2/c1-8-10-11-12-13-14-23-31-36-45-52-59-75(80)93-72(64-87-74(79)58-51-44-39-38-42-49-56-69(7)9-2)66-91-95(84,85)89-62-70(77)61-88-94(82,83)90-65-71(63-86-73(78)57-50-43-35-30-26-22-18-20-25-29-34-41-48-55-68(5)6)92-76(81)60-53-46-37-32-27-21-17-15-16-19-24-28-33-40-47-54-67(3)4/h67-72,77H,8-66H2,1-7H3,(H,82,83)(H,84,85)/t69?,70-,71-,72-/m1/s1. The zero-order chi connectivity index (χ0) is 70.1. The van der Waals surface area contributed by atoms with Crippen molar-refractivity contribution in [1.29, 1.82) is 0 Å². The molecular formula is C76H148O17P2. The molecule has 19 heteroatoms. The van der Waals surface area contributed by atoms with E-state index in [4.69, 9.17) is 37.0 Å². The van der Waals surface area contributed by atoms with Crippen LogP contribution in [0.15, 0.2) is 0 Å². The smallest absolute Gasteiger partial charge is 0.462 e. The van der Waals surface area contributed by atoms with Gasteiger partial charge in [-0.25, -0.2) is 9.13 Å². The SMILES string of the molecule is CCCCCCCCCCCCCC(=O)O[C@H](COC(=O)CCCCCCCCC(C)CC)COP(=O)(O)OC[C@H](O)COP(=O)(O)OC[C@@H](COC(=O)CCCCCCCCCCCCCCCC(C)C)OC(=O)CCCCCCCCCCCCCCCCCC(C)C. The van der Waals surface area contributed by atoms with Crippen molar-refractivity contribution in [1.82, 2.24) is 0 Å². The zero-order valence-corrected chi connectivity index (χ0v) is 63.9. The number of carbonyl (C=O) groups excluding carboxylic acids is 4. The molecule has 0 aromatic heterocycles. The van der Waals surface area contributed by atoms with E-state index in [0.29, 0.717) is 25.7 Å². The number of hydrogen-bond acceptors (Lipinski definition) is 15. The maximum Gasteiger partial charge on any atom is 0.472 e. The van der Waals surface area contributed by atoms with Crippen molar-refractivity contribution in [2.75, 3.05) is 39.6 Å². The van der Waals surface area contributed by atoms with Crippen LogP contribution in [0.2, 0.25) is 0 Å². The lowest BCUT2D eigenvalue weighted by molar-refractivity contribution is -0.161. The van der Waals surface area contributed by atoms with Crippen molar-refractivity contribution < 1.29 is 80.2 Å². The number of hydrogen-bond donors (Lipinski definition) is 3. The molecule has 0 saturated carbocycles. The number of carbonyl (C=O) groups is 4. The van der Waals surface area contributed by atoms with Crippen molar-refractivity contribution in [3.05, 3.63) is 0 Å². The molecule has 0 rings (SSSR count). The van der Waals surface area contributed by atoms with Crippen LogP contribution in [0.1, 0.15) is 389 Å². The van der Waals surface area contributed by atoms with Gasteiger partial charge in [0.05, 0.1) is 26.4 Å². The van der Waals surface area contributed by atoms with Crippen molar-refractivity contribution in [2.24, 2.45) is 17.8 Å². The lowest BCUT2D eigenvalue weighted by Crippen LogP contribution is -2.30. The highest BCUT2D eigenvalue weighted by Gasteiger charge is 2.30. The van der Waals surface area contributed by atoms with Gasteiger partial charge in [0, 0.05) is 25.7 Å². The number of phosphoric acid groups is 2. The Kier molecular flexibility index (Phi) is 65.2. The molecule has 95 heavy (non-hydrogen) atoms. The molecular weight excluding hydrogens is 1250 g/mol. The summed E-state index contributed by atoms with van der Waals surface area (Å²) in [6.07, 6.45) is 52.7. The summed E-state index contributed by atoms with van der Waals surface area (Å²) in [4.78, 5) is 72.8. The van der Waals surface area contributed by atoms with Gasteiger partial charge in [-0.1, -0.05) is 337 Å². The predicted octanol–water partition coefficient (Wildman–Crippen LogP) is 22.2. The number of rotatable bonds is 74. The molecule has 3 unspecified atom stereocenters. The number of phosphoric ester groups is 2. The summed E-state index contributed by atoms with van der Waals surface area (Å²) in [5.41, 5.74) is 0. The van der Waals surface area contributed by atoms with E-state index in [2.05, 4.69) is 48.5 Å². The number of unbranched alkanes of at least 4 members (excludes halogenated alkanes) is 41. The molecule has 6 atom stereocenters. The third-order valence-corrected chi connectivity index (χ3v) is 19.9. The molecule has 3 N–H and O–H groups in total. The fraction of sp³-hybridized carbons (Fsp3) is 0.947. The third-order valence-electron chi connectivity index (χ3n) is 18.0. The van der Waals surface area contributed by atoms with Gasteiger partial charge < -0.3 is 33.8 Å². The molecule has 0 aromatic carbocycles. The number of aliphatic hydroxyl groups excluding tert-OH is 1. The molecule has 0 aliphatic heterocycles. The van der Waals surface area contributed by atoms with Crippen LogP contribution in [-0.4, -0.2) is 96.7 Å². The fourth-order valence-electron chi connectivity index (χ4n) is 11.6. The number of aliphatic hydroxyl groups is 1. The maximum absolute atomic E-state index is 13.1. The van der Waals surface area contributed by atoms with Crippen LogP contribution in [0.5, 0.6) is 0 Å². The average Bonchev–Trinajstić information content (AvgIpc) is 1.43. The third kappa shape index (κ3) is 69.0. The summed E-state index contributed by atoms with van der Waals surface area (Å²) in [5.74, 6) is 0.207. The second-order valence-electron chi connectivity index (χ2n) is 28.6. The first-order chi connectivity index (χ1) is 45.8. The maximum atomic E-state index is 13.1. The Bertz CT molecular complexity index is 1850. The molecule has 564 valence electrons. The first-order valence-corrected chi connectivity index (χ1v) is 42.4. The largest absolute Gasteiger partial charge is 0.472 e. The van der Waals surface area contributed by atoms with E-state index in [1.807, 2.05) is 0 Å². The Morgan fingerprint density at radius 2 is 0.537 bits per heavy atom. The van der Waals surface area contributed by atoms with Gasteiger partial charge in [0.15, 0.2) is 12.2 Å². The predicted molar refractivity (Wildman–Crippen MR) is 386 cm³/mol. The van der Waals surface area contributed by atoms with E-state index in [1.54, 1.807) is 0 Å². The van der Waals surface area contributed by atoms with Gasteiger partial charge in [-0.15, -0.1) is 0 Å². The molecule has 0 aliphatic carbocycles. The molecule has 0 fully saturated rings. The zero-order valence-electron chi connectivity index (χ0n) is 62.1. The van der Waals surface area contributed by atoms with E-state index in [1.165, 1.54) is 193 Å². The second-order valence-corrected chi connectivity index (χ2v) is 31.5. The Hall–Kier alpha value is -1.94. The van der Waals surface area contributed by atoms with Crippen molar-refractivity contribution in [3.63, 3.8) is 0 Å². The van der Waals surface area contributed by atoms with Gasteiger partial charge in [0.2, 0.25) is 0 Å². The summed E-state index contributed by atoms with van der Waals surface area (Å²) in [6.45, 7) is 11.9. The van der Waals surface area contributed by atoms with Gasteiger partial charge in [-0.05, 0) is 43.4 Å². The first-order valence-electron chi connectivity index (χ1n) is 39.4. The fourth-order valence-corrected chi connectivity index (χ4v) is 13.1. The van der Waals surface area contributed by atoms with Gasteiger partial charge in [-0.2, -0.15) is 0 Å². The molecule has 0 spiro atoms. The van der Waals surface area contributed by atoms with Gasteiger partial charge >= 0.3 is 39.5 Å². The highest BCUT2D eigenvalue weighted by molar-refractivity contribution is 7.47. The summed E-state index contributed by atoms with van der Waals surface area (Å²) >= 11 is 0. The average molecular weight is 1400 g/mol. The highest BCUT2D eigenvalue weighted by Crippen LogP contribution is 2.45. The van der Waals surface area contributed by atoms with E-state index in [-0.39, 0.29) is 25.7 Å². The molecule has 0 amide bonds. The molecule has 17 nitrogen and oxygen atoms in total. The molecule has 0 radical (unpaired) electrons. The monoisotopic (exact) mass is 1400 g/mol. The summed E-state index contributed by atoms with van der Waals surface area (Å²) in [5, 5.41) is 10.6. The molecule has 0 heterocycles. The van der Waals surface area contributed by atoms with Gasteiger partial charge in [0.25, 0.3) is 0 Å². The quantitative estimate of drug-likeness (QED) is 0.0222. The molecule has 0 aliphatic rings. The van der Waals surface area contributed by atoms with Crippen LogP contribution in [-0.2, 0) is 65.4 Å². The van der Waals surface area contributed by atoms with E-state index in [0.717, 1.165) is 114 Å². The van der Waals surface area contributed by atoms with E-state index in [9.17, 15) is 43.2 Å². The van der Waals surface area contributed by atoms with Gasteiger partial charge in [-0.3, -0.25) is 37.3 Å². The van der Waals surface area contributed by atoms with Crippen LogP contribution in [0.25, 0.3) is 0 Å². The Morgan fingerprint density at radius 3 is 0.800 bits per heavy atom. The topological polar surface area (TPSA) is 237 Å². The molecule has 0 saturated heterocycles. The van der Waals surface area contributed by atoms with Crippen LogP contribution in [0.4, 0.5) is 0 Å². The number of esters is 4. The minimum absolute atomic E-state index is 0.106. The normalized spacial score (nSPS) is 14.4. The molecule has 0 aromatic rings. The summed E-state index contributed by atoms with van der Waals surface area (Å²) in [6, 6.07) is 0. The Labute approximate surface area is 581 Å². The van der Waals surface area contributed by atoms with Crippen molar-refractivity contribution >= 4 is 39.5 Å². The minimum atomic E-state index is -4.96. The van der Waals surface area contributed by atoms with Crippen molar-refractivity contribution in [3.8, 4) is 0 Å². The second kappa shape index (κ2) is 66.6. The first kappa shape index (κ1) is 93.1. The van der Waals surface area contributed by atoms with Crippen molar-refractivity contribution in [2.45, 2.75) is 407 Å². The van der Waals surface area contributed by atoms with Crippen LogP contribution >= 0.6 is 15.6 Å². The Morgan fingerprint density at radius 1 is 0.305 bits per heavy atom.